The van der Waals surface area contributed by atoms with Gasteiger partial charge in [-0.25, -0.2) is 0 Å². The predicted octanol–water partition coefficient (Wildman–Crippen LogP) is 14.5. The average molecular weight is 718 g/mol. The summed E-state index contributed by atoms with van der Waals surface area (Å²) in [6.45, 7) is 0. The minimum Gasteiger partial charge on any atom is -0.309 e. The molecule has 11 rings (SSSR count). The van der Waals surface area contributed by atoms with Gasteiger partial charge in [-0.1, -0.05) is 188 Å². The van der Waals surface area contributed by atoms with Crippen LogP contribution in [0.4, 0.5) is 17.1 Å². The van der Waals surface area contributed by atoms with Crippen LogP contribution in [0, 0.1) is 0 Å². The van der Waals surface area contributed by atoms with Crippen molar-refractivity contribution in [1.29, 1.82) is 0 Å². The Balaban J connectivity index is 1.27. The Morgan fingerprint density at radius 2 is 0.891 bits per heavy atom. The van der Waals surface area contributed by atoms with Crippen molar-refractivity contribution in [2.75, 3.05) is 4.90 Å². The minimum absolute atomic E-state index is 0.579. The van der Waals surface area contributed by atoms with Crippen molar-refractivity contribution in [1.82, 2.24) is 0 Å². The highest BCUT2D eigenvalue weighted by Crippen LogP contribution is 2.65. The van der Waals surface area contributed by atoms with Crippen LogP contribution in [0.3, 0.4) is 0 Å². The van der Waals surface area contributed by atoms with Crippen LogP contribution in [0.1, 0.15) is 22.3 Å². The second kappa shape index (κ2) is 12.8. The molecular formula is C53H35NS. The highest BCUT2D eigenvalue weighted by molar-refractivity contribution is 7.99. The number of benzene rings is 9. The van der Waals surface area contributed by atoms with Gasteiger partial charge in [-0.2, -0.15) is 0 Å². The van der Waals surface area contributed by atoms with E-state index in [1.165, 1.54) is 81.9 Å². The molecule has 0 unspecified atom stereocenters. The van der Waals surface area contributed by atoms with E-state index in [2.05, 4.69) is 217 Å². The van der Waals surface area contributed by atoms with Gasteiger partial charge in [0.1, 0.15) is 0 Å². The van der Waals surface area contributed by atoms with Crippen molar-refractivity contribution < 1.29 is 0 Å². The molecule has 0 saturated carbocycles. The minimum atomic E-state index is -0.579. The first-order valence-corrected chi connectivity index (χ1v) is 19.8. The van der Waals surface area contributed by atoms with Gasteiger partial charge in [0.15, 0.2) is 0 Å². The van der Waals surface area contributed by atoms with E-state index >= 15 is 0 Å². The van der Waals surface area contributed by atoms with E-state index in [0.29, 0.717) is 0 Å². The Bertz CT molecular complexity index is 2850. The van der Waals surface area contributed by atoms with Gasteiger partial charge in [0.05, 0.1) is 16.8 Å². The number of hydrogen-bond acceptors (Lipinski definition) is 2. The van der Waals surface area contributed by atoms with Gasteiger partial charge in [-0.3, -0.25) is 0 Å². The standard InChI is InChI=1S/C53H35NS/c1-3-16-36(17-4-1)37-30-33-40(34-31-37)54(47-27-14-11-21-41(47)38-18-5-2-6-19-38)48-28-15-29-49-52(48)53(51-42-22-8-7-20-39(42)32-35-50(51)55-49)45-25-12-9-23-43(45)44-24-10-13-26-46(44)53/h1-35H. The van der Waals surface area contributed by atoms with Crippen molar-refractivity contribution in [3.63, 3.8) is 0 Å². The number of anilines is 3. The summed E-state index contributed by atoms with van der Waals surface area (Å²) in [6.07, 6.45) is 0. The third-order valence-electron chi connectivity index (χ3n) is 11.5. The number of hydrogen-bond donors (Lipinski definition) is 0. The van der Waals surface area contributed by atoms with E-state index in [9.17, 15) is 0 Å². The molecular weight excluding hydrogens is 683 g/mol. The Morgan fingerprint density at radius 1 is 0.345 bits per heavy atom. The van der Waals surface area contributed by atoms with Crippen molar-refractivity contribution in [2.45, 2.75) is 15.2 Å². The molecule has 258 valence electrons. The van der Waals surface area contributed by atoms with Crippen LogP contribution in [0.5, 0.6) is 0 Å². The lowest BCUT2D eigenvalue weighted by atomic mass is 9.65. The predicted molar refractivity (Wildman–Crippen MR) is 231 cm³/mol. The summed E-state index contributed by atoms with van der Waals surface area (Å²) >= 11 is 1.90. The highest BCUT2D eigenvalue weighted by atomic mass is 32.2. The van der Waals surface area contributed by atoms with Crippen LogP contribution >= 0.6 is 11.8 Å². The number of nitrogens with zero attached hydrogens (tertiary/aromatic N) is 1. The molecule has 0 bridgehead atoms. The summed E-state index contributed by atoms with van der Waals surface area (Å²) in [4.78, 5) is 5.10. The monoisotopic (exact) mass is 717 g/mol. The van der Waals surface area contributed by atoms with Gasteiger partial charge in [-0.05, 0) is 91.7 Å². The Kier molecular flexibility index (Phi) is 7.40. The smallest absolute Gasteiger partial charge is 0.0762 e. The molecule has 1 aliphatic carbocycles. The highest BCUT2D eigenvalue weighted by Gasteiger charge is 2.52. The van der Waals surface area contributed by atoms with Crippen molar-refractivity contribution in [2.24, 2.45) is 0 Å². The molecule has 1 nitrogen and oxygen atoms in total. The second-order valence-corrected chi connectivity index (χ2v) is 15.5. The number of para-hydroxylation sites is 1. The molecule has 1 spiro atoms. The van der Waals surface area contributed by atoms with E-state index in [1.54, 1.807) is 0 Å². The zero-order valence-electron chi connectivity index (χ0n) is 30.1. The maximum atomic E-state index is 2.53. The number of fused-ring (bicyclic) bond motifs is 11. The largest absolute Gasteiger partial charge is 0.309 e. The fourth-order valence-electron chi connectivity index (χ4n) is 9.28. The van der Waals surface area contributed by atoms with Crippen LogP contribution < -0.4 is 4.90 Å². The summed E-state index contributed by atoms with van der Waals surface area (Å²) < 4.78 is 0. The quantitative estimate of drug-likeness (QED) is 0.174. The molecule has 0 fully saturated rings. The average Bonchev–Trinajstić information content (AvgIpc) is 3.55. The maximum absolute atomic E-state index is 2.53. The lowest BCUT2D eigenvalue weighted by Crippen LogP contribution is -2.34. The Labute approximate surface area is 326 Å². The molecule has 2 heteroatoms. The Hall–Kier alpha value is -6.61. The summed E-state index contributed by atoms with van der Waals surface area (Å²) in [7, 11) is 0. The third kappa shape index (κ3) is 4.82. The summed E-state index contributed by atoms with van der Waals surface area (Å²) in [6, 6.07) is 78.3. The van der Waals surface area contributed by atoms with E-state index in [4.69, 9.17) is 0 Å². The van der Waals surface area contributed by atoms with Crippen LogP contribution in [-0.2, 0) is 5.41 Å². The van der Waals surface area contributed by atoms with Crippen LogP contribution in [0.15, 0.2) is 222 Å². The van der Waals surface area contributed by atoms with Crippen molar-refractivity contribution in [3.05, 3.63) is 235 Å². The van der Waals surface area contributed by atoms with Gasteiger partial charge < -0.3 is 4.90 Å². The zero-order chi connectivity index (χ0) is 36.3. The Morgan fingerprint density at radius 3 is 1.62 bits per heavy atom. The molecule has 9 aromatic rings. The number of rotatable bonds is 5. The molecule has 1 aliphatic heterocycles. The molecule has 0 atom stereocenters. The molecule has 0 amide bonds. The van der Waals surface area contributed by atoms with Gasteiger partial charge in [0, 0.05) is 26.6 Å². The lowest BCUT2D eigenvalue weighted by Gasteiger charge is -2.43. The van der Waals surface area contributed by atoms with E-state index in [-0.39, 0.29) is 0 Å². The van der Waals surface area contributed by atoms with Crippen LogP contribution in [0.25, 0.3) is 44.2 Å². The first kappa shape index (κ1) is 31.9. The van der Waals surface area contributed by atoms with Gasteiger partial charge in [0.2, 0.25) is 0 Å². The lowest BCUT2D eigenvalue weighted by molar-refractivity contribution is 0.730. The van der Waals surface area contributed by atoms with Crippen LogP contribution in [0.2, 0.25) is 0 Å². The molecule has 2 aliphatic rings. The molecule has 55 heavy (non-hydrogen) atoms. The van der Waals surface area contributed by atoms with E-state index in [0.717, 1.165) is 11.4 Å². The van der Waals surface area contributed by atoms with Gasteiger partial charge >= 0.3 is 0 Å². The first-order valence-electron chi connectivity index (χ1n) is 18.9. The molecule has 0 saturated heterocycles. The third-order valence-corrected chi connectivity index (χ3v) is 12.6. The molecule has 0 N–H and O–H groups in total. The van der Waals surface area contributed by atoms with Crippen molar-refractivity contribution >= 4 is 39.6 Å². The molecule has 9 aromatic carbocycles. The molecule has 1 heterocycles. The summed E-state index contributed by atoms with van der Waals surface area (Å²) in [5.41, 5.74) is 15.6. The van der Waals surface area contributed by atoms with Gasteiger partial charge in [0.25, 0.3) is 0 Å². The second-order valence-electron chi connectivity index (χ2n) is 14.4. The normalized spacial score (nSPS) is 13.2. The van der Waals surface area contributed by atoms with Crippen molar-refractivity contribution in [3.8, 4) is 33.4 Å². The fourth-order valence-corrected chi connectivity index (χ4v) is 10.5. The maximum Gasteiger partial charge on any atom is 0.0762 e. The first-order chi connectivity index (χ1) is 27.3. The summed E-state index contributed by atoms with van der Waals surface area (Å²) in [5, 5.41) is 2.55. The fraction of sp³-hybridized carbons (Fsp3) is 0.0189. The topological polar surface area (TPSA) is 3.24 Å². The molecule has 0 aromatic heterocycles. The van der Waals surface area contributed by atoms with E-state index in [1.807, 2.05) is 11.8 Å². The van der Waals surface area contributed by atoms with Crippen LogP contribution in [-0.4, -0.2) is 0 Å². The zero-order valence-corrected chi connectivity index (χ0v) is 30.9. The molecule has 0 radical (unpaired) electrons. The SMILES string of the molecule is c1ccc(-c2ccc(N(c3ccccc3-c3ccccc3)c3cccc4c3C3(c5ccccc5-c5ccccc53)c3c(ccc5ccccc35)S4)cc2)cc1. The van der Waals surface area contributed by atoms with Gasteiger partial charge in [-0.15, -0.1) is 0 Å². The van der Waals surface area contributed by atoms with E-state index < -0.39 is 5.41 Å². The summed E-state index contributed by atoms with van der Waals surface area (Å²) in [5.74, 6) is 0.